The summed E-state index contributed by atoms with van der Waals surface area (Å²) in [4.78, 5) is 23.8. The van der Waals surface area contributed by atoms with Crippen LogP contribution in [0.5, 0.6) is 0 Å². The number of carbonyl (C=O) groups excluding carboxylic acids is 2. The summed E-state index contributed by atoms with van der Waals surface area (Å²) in [6.45, 7) is 2.60. The van der Waals surface area contributed by atoms with Crippen LogP contribution < -0.4 is 31.9 Å². The molecule has 6 N–H and O–H groups in total. The predicted octanol–water partition coefficient (Wildman–Crippen LogP) is -2.00. The molecule has 0 unspecified atom stereocenters. The minimum absolute atomic E-state index is 0.00294. The highest BCUT2D eigenvalue weighted by Gasteiger charge is 2.16. The summed E-state index contributed by atoms with van der Waals surface area (Å²) in [6, 6.07) is -0.403. The van der Waals surface area contributed by atoms with Crippen molar-refractivity contribution in [2.45, 2.75) is 31.3 Å². The molecule has 2 atom stereocenters. The first kappa shape index (κ1) is 21.8. The molecule has 0 spiro atoms. The van der Waals surface area contributed by atoms with Gasteiger partial charge in [-0.05, 0) is 47.5 Å². The minimum Gasteiger partial charge on any atom is -0.355 e. The lowest BCUT2D eigenvalue weighted by atomic mass is 10.1. The number of rotatable bonds is 14. The molecule has 0 saturated heterocycles. The molecule has 0 aromatic heterocycles. The molecule has 23 heavy (non-hydrogen) atoms. The SMILES string of the molecule is CNCCNC(=O)[C@H](CCCCNC(=O)[C@H](CNC)NC)NC. The van der Waals surface area contributed by atoms with Crippen LogP contribution in [0.3, 0.4) is 0 Å². The van der Waals surface area contributed by atoms with Gasteiger partial charge in [0.25, 0.3) is 0 Å². The quantitative estimate of drug-likeness (QED) is 0.206. The Labute approximate surface area is 139 Å². The molecule has 0 radical (unpaired) electrons. The molecule has 0 aromatic carbocycles. The van der Waals surface area contributed by atoms with Crippen molar-refractivity contribution >= 4 is 11.8 Å². The van der Waals surface area contributed by atoms with Crippen molar-refractivity contribution in [3.63, 3.8) is 0 Å². The van der Waals surface area contributed by atoms with E-state index in [2.05, 4.69) is 31.9 Å². The van der Waals surface area contributed by atoms with Gasteiger partial charge < -0.3 is 31.9 Å². The molecule has 0 saturated carbocycles. The standard InChI is InChI=1S/C15H34N6O2/c1-16-9-10-21-14(22)12(18-3)7-5-6-8-20-15(23)13(19-4)11-17-2/h12-13,16-19H,5-11H2,1-4H3,(H,20,23)(H,21,22)/t12-,13-/m0/s1. The van der Waals surface area contributed by atoms with E-state index in [4.69, 9.17) is 0 Å². The van der Waals surface area contributed by atoms with E-state index in [9.17, 15) is 9.59 Å². The average molecular weight is 330 g/mol. The molecule has 0 aromatic rings. The molecule has 0 aliphatic heterocycles. The molecule has 0 aliphatic carbocycles. The maximum Gasteiger partial charge on any atom is 0.238 e. The fourth-order valence-corrected chi connectivity index (χ4v) is 2.18. The smallest absolute Gasteiger partial charge is 0.238 e. The van der Waals surface area contributed by atoms with Crippen molar-refractivity contribution in [1.29, 1.82) is 0 Å². The molecule has 0 fully saturated rings. The molecule has 0 heterocycles. The summed E-state index contributed by atoms with van der Waals surface area (Å²) >= 11 is 0. The van der Waals surface area contributed by atoms with Crippen LogP contribution in [0.25, 0.3) is 0 Å². The van der Waals surface area contributed by atoms with Crippen LogP contribution in [0, 0.1) is 0 Å². The number of nitrogens with one attached hydrogen (secondary N) is 6. The van der Waals surface area contributed by atoms with Crippen LogP contribution in [-0.2, 0) is 9.59 Å². The average Bonchev–Trinajstić information content (AvgIpc) is 2.55. The van der Waals surface area contributed by atoms with E-state index < -0.39 is 0 Å². The van der Waals surface area contributed by atoms with Crippen molar-refractivity contribution in [2.24, 2.45) is 0 Å². The Morgan fingerprint density at radius 3 is 1.91 bits per heavy atom. The van der Waals surface area contributed by atoms with Gasteiger partial charge in [-0.1, -0.05) is 0 Å². The van der Waals surface area contributed by atoms with Gasteiger partial charge in [-0.25, -0.2) is 0 Å². The van der Waals surface area contributed by atoms with E-state index in [1.54, 1.807) is 14.1 Å². The van der Waals surface area contributed by atoms with Crippen LogP contribution in [0.4, 0.5) is 0 Å². The largest absolute Gasteiger partial charge is 0.355 e. The van der Waals surface area contributed by atoms with Crippen molar-refractivity contribution < 1.29 is 9.59 Å². The lowest BCUT2D eigenvalue weighted by Crippen LogP contribution is -2.48. The van der Waals surface area contributed by atoms with Gasteiger partial charge in [-0.3, -0.25) is 9.59 Å². The van der Waals surface area contributed by atoms with E-state index >= 15 is 0 Å². The molecule has 0 bridgehead atoms. The van der Waals surface area contributed by atoms with Crippen molar-refractivity contribution in [1.82, 2.24) is 31.9 Å². The first-order chi connectivity index (χ1) is 11.1. The van der Waals surface area contributed by atoms with Crippen LogP contribution >= 0.6 is 0 Å². The van der Waals surface area contributed by atoms with Gasteiger partial charge in [-0.15, -0.1) is 0 Å². The van der Waals surface area contributed by atoms with E-state index in [1.165, 1.54) is 0 Å². The summed E-state index contributed by atoms with van der Waals surface area (Å²) in [5.41, 5.74) is 0. The van der Waals surface area contributed by atoms with Gasteiger partial charge in [0.1, 0.15) is 0 Å². The minimum atomic E-state index is -0.219. The van der Waals surface area contributed by atoms with Crippen LogP contribution in [0.1, 0.15) is 19.3 Å². The zero-order valence-corrected chi connectivity index (χ0v) is 14.9. The van der Waals surface area contributed by atoms with Gasteiger partial charge >= 0.3 is 0 Å². The number of hydrogen-bond acceptors (Lipinski definition) is 6. The first-order valence-electron chi connectivity index (χ1n) is 8.29. The molecule has 136 valence electrons. The van der Waals surface area contributed by atoms with Crippen LogP contribution in [-0.4, -0.2) is 78.3 Å². The Morgan fingerprint density at radius 1 is 0.739 bits per heavy atom. The van der Waals surface area contributed by atoms with E-state index in [0.717, 1.165) is 25.8 Å². The first-order valence-corrected chi connectivity index (χ1v) is 8.29. The molecular formula is C15H34N6O2. The topological polar surface area (TPSA) is 106 Å². The van der Waals surface area contributed by atoms with Crippen molar-refractivity contribution in [2.75, 3.05) is 54.4 Å². The van der Waals surface area contributed by atoms with E-state index in [-0.39, 0.29) is 23.9 Å². The Morgan fingerprint density at radius 2 is 1.35 bits per heavy atom. The summed E-state index contributed by atoms with van der Waals surface area (Å²) in [7, 11) is 7.23. The molecule has 0 aliphatic rings. The summed E-state index contributed by atoms with van der Waals surface area (Å²) in [6.07, 6.45) is 2.48. The molecule has 2 amide bonds. The van der Waals surface area contributed by atoms with Gasteiger partial charge in [-0.2, -0.15) is 0 Å². The number of hydrogen-bond donors (Lipinski definition) is 6. The molecular weight excluding hydrogens is 296 g/mol. The fraction of sp³-hybridized carbons (Fsp3) is 0.867. The Kier molecular flexibility index (Phi) is 13.6. The number of unbranched alkanes of at least 4 members (excludes halogenated alkanes) is 1. The predicted molar refractivity (Wildman–Crippen MR) is 93.4 cm³/mol. The van der Waals surface area contributed by atoms with Crippen LogP contribution in [0.15, 0.2) is 0 Å². The maximum absolute atomic E-state index is 11.9. The Balaban J connectivity index is 3.86. The number of likely N-dealkylation sites (N-methyl/N-ethyl adjacent to an activating group) is 4. The third-order valence-corrected chi connectivity index (χ3v) is 3.63. The highest BCUT2D eigenvalue weighted by Crippen LogP contribution is 2.00. The third kappa shape index (κ3) is 10.2. The zero-order valence-electron chi connectivity index (χ0n) is 14.9. The zero-order chi connectivity index (χ0) is 17.5. The highest BCUT2D eigenvalue weighted by molar-refractivity contribution is 5.82. The summed E-state index contributed by atoms with van der Waals surface area (Å²) in [5.74, 6) is 0.0212. The lowest BCUT2D eigenvalue weighted by molar-refractivity contribution is -0.124. The third-order valence-electron chi connectivity index (χ3n) is 3.63. The normalized spacial score (nSPS) is 13.4. The second-order valence-electron chi connectivity index (χ2n) is 5.42. The molecule has 0 rings (SSSR count). The monoisotopic (exact) mass is 330 g/mol. The number of carbonyl (C=O) groups is 2. The van der Waals surface area contributed by atoms with Crippen molar-refractivity contribution in [3.05, 3.63) is 0 Å². The lowest BCUT2D eigenvalue weighted by Gasteiger charge is -2.17. The van der Waals surface area contributed by atoms with Gasteiger partial charge in [0.2, 0.25) is 11.8 Å². The Bertz CT molecular complexity index is 327. The van der Waals surface area contributed by atoms with E-state index in [0.29, 0.717) is 19.6 Å². The molecule has 8 nitrogen and oxygen atoms in total. The van der Waals surface area contributed by atoms with Gasteiger partial charge in [0.15, 0.2) is 0 Å². The fourth-order valence-electron chi connectivity index (χ4n) is 2.18. The molecule has 8 heteroatoms. The highest BCUT2D eigenvalue weighted by atomic mass is 16.2. The maximum atomic E-state index is 11.9. The van der Waals surface area contributed by atoms with Crippen molar-refractivity contribution in [3.8, 4) is 0 Å². The Hall–Kier alpha value is -1.22. The van der Waals surface area contributed by atoms with Gasteiger partial charge in [0, 0.05) is 26.2 Å². The van der Waals surface area contributed by atoms with E-state index in [1.807, 2.05) is 14.1 Å². The van der Waals surface area contributed by atoms with Crippen LogP contribution in [0.2, 0.25) is 0 Å². The summed E-state index contributed by atoms with van der Waals surface area (Å²) < 4.78 is 0. The second-order valence-corrected chi connectivity index (χ2v) is 5.42. The second kappa shape index (κ2) is 14.4. The van der Waals surface area contributed by atoms with Gasteiger partial charge in [0.05, 0.1) is 12.1 Å². The number of amides is 2. The summed E-state index contributed by atoms with van der Waals surface area (Å²) in [5, 5.41) is 17.8.